The molecule has 2 heterocycles. The first-order chi connectivity index (χ1) is 16.5. The molecule has 16 heteroatoms. The second kappa shape index (κ2) is 10.7. The molecule has 35 heavy (non-hydrogen) atoms. The van der Waals surface area contributed by atoms with E-state index in [-0.39, 0.29) is 39.9 Å². The lowest BCUT2D eigenvalue weighted by Gasteiger charge is -2.42. The van der Waals surface area contributed by atoms with Gasteiger partial charge in [0, 0.05) is 11.8 Å². The number of hydrogen-bond donors (Lipinski definition) is 5. The lowest BCUT2D eigenvalue weighted by Crippen LogP contribution is -2.71. The molecule has 1 aliphatic rings. The summed E-state index contributed by atoms with van der Waals surface area (Å²) in [6.07, 6.45) is 0.336. The van der Waals surface area contributed by atoms with Crippen LogP contribution >= 0.6 is 11.3 Å². The maximum Gasteiger partial charge on any atom is 0.362 e. The molecule has 0 aliphatic carbocycles. The van der Waals surface area contributed by atoms with Gasteiger partial charge in [-0.05, 0) is 24.6 Å². The van der Waals surface area contributed by atoms with Crippen LogP contribution in [0.25, 0.3) is 0 Å². The number of oxime groups is 1. The number of nitrogens with zero attached hydrogens (tertiary/aromatic N) is 3. The average molecular weight is 526 g/mol. The van der Waals surface area contributed by atoms with Gasteiger partial charge in [-0.2, -0.15) is 8.42 Å². The number of rotatable bonds is 11. The third kappa shape index (κ3) is 6.43. The molecule has 0 spiro atoms. The second-order valence-corrected chi connectivity index (χ2v) is 9.52. The maximum absolute atomic E-state index is 12.8. The van der Waals surface area contributed by atoms with Crippen molar-refractivity contribution in [3.05, 3.63) is 40.9 Å². The van der Waals surface area contributed by atoms with Crippen LogP contribution in [-0.4, -0.2) is 70.9 Å². The number of nitrogens with two attached hydrogens (primary N) is 2. The predicted octanol–water partition coefficient (Wildman–Crippen LogP) is -0.478. The van der Waals surface area contributed by atoms with Gasteiger partial charge < -0.3 is 26.4 Å². The summed E-state index contributed by atoms with van der Waals surface area (Å²) in [5, 5.41) is 15.1. The summed E-state index contributed by atoms with van der Waals surface area (Å²) in [6.45, 7) is 1.39. The van der Waals surface area contributed by atoms with Crippen molar-refractivity contribution in [2.45, 2.75) is 25.4 Å². The Morgan fingerprint density at radius 2 is 2.03 bits per heavy atom. The summed E-state index contributed by atoms with van der Waals surface area (Å²) in [7, 11) is -4.73. The Hall–Kier alpha value is -3.76. The van der Waals surface area contributed by atoms with E-state index in [4.69, 9.17) is 31.0 Å². The van der Waals surface area contributed by atoms with E-state index in [1.54, 1.807) is 24.3 Å². The molecule has 2 unspecified atom stereocenters. The fourth-order valence-corrected chi connectivity index (χ4v) is 4.58. The van der Waals surface area contributed by atoms with E-state index in [0.717, 1.165) is 16.9 Å². The van der Waals surface area contributed by atoms with Gasteiger partial charge in [0.15, 0.2) is 17.5 Å². The summed E-state index contributed by atoms with van der Waals surface area (Å²) in [6, 6.07) is 4.78. The minimum Gasteiger partial charge on any atom is -0.490 e. The summed E-state index contributed by atoms with van der Waals surface area (Å²) in [5.74, 6) is -1.24. The zero-order valence-electron chi connectivity index (χ0n) is 18.4. The van der Waals surface area contributed by atoms with Gasteiger partial charge in [-0.25, -0.2) is 9.29 Å². The number of amides is 2. The fourth-order valence-electron chi connectivity index (χ4n) is 3.14. The minimum absolute atomic E-state index is 0.0408. The van der Waals surface area contributed by atoms with E-state index in [1.807, 2.05) is 0 Å². The SMILES string of the molecule is CC1C(NC(=O)C(=NOCCOc2ccc(CC(=N)N)cc2)c2csc(N)n2)C(=O)N1S(=O)(=O)O. The first kappa shape index (κ1) is 25.9. The molecule has 2 amide bonds. The van der Waals surface area contributed by atoms with Crippen LogP contribution in [-0.2, 0) is 31.2 Å². The van der Waals surface area contributed by atoms with E-state index in [9.17, 15) is 18.0 Å². The third-order valence-corrected chi connectivity index (χ3v) is 6.45. The molecule has 0 saturated carbocycles. The molecule has 1 aromatic carbocycles. The van der Waals surface area contributed by atoms with Gasteiger partial charge >= 0.3 is 10.3 Å². The predicted molar refractivity (Wildman–Crippen MR) is 126 cm³/mol. The lowest BCUT2D eigenvalue weighted by atomic mass is 10.0. The van der Waals surface area contributed by atoms with Crippen molar-refractivity contribution >= 4 is 50.1 Å². The number of amidine groups is 1. The van der Waals surface area contributed by atoms with Crippen molar-refractivity contribution in [3.63, 3.8) is 0 Å². The number of hydrogen-bond acceptors (Lipinski definition) is 11. The Morgan fingerprint density at radius 3 is 2.57 bits per heavy atom. The van der Waals surface area contributed by atoms with Crippen LogP contribution in [0.1, 0.15) is 18.2 Å². The minimum atomic E-state index is -4.73. The van der Waals surface area contributed by atoms with Crippen molar-refractivity contribution in [1.82, 2.24) is 14.6 Å². The number of aromatic nitrogens is 1. The van der Waals surface area contributed by atoms with E-state index < -0.39 is 34.2 Å². The Balaban J connectivity index is 1.59. The molecule has 1 aromatic heterocycles. The van der Waals surface area contributed by atoms with Crippen molar-refractivity contribution in [1.29, 1.82) is 5.41 Å². The molecule has 1 aliphatic heterocycles. The molecule has 1 saturated heterocycles. The number of β-lactam (4-membered cyclic amide) rings is 1. The number of benzene rings is 1. The fraction of sp³-hybridized carbons (Fsp3) is 0.316. The molecule has 0 radical (unpaired) electrons. The second-order valence-electron chi connectivity index (χ2n) is 7.34. The molecule has 2 atom stereocenters. The Bertz CT molecular complexity index is 1240. The summed E-state index contributed by atoms with van der Waals surface area (Å²) in [5.41, 5.74) is 11.7. The number of nitrogen functional groups attached to an aromatic ring is 1. The summed E-state index contributed by atoms with van der Waals surface area (Å²) < 4.78 is 37.4. The maximum atomic E-state index is 12.8. The number of anilines is 1. The zero-order chi connectivity index (χ0) is 25.8. The monoisotopic (exact) mass is 525 g/mol. The van der Waals surface area contributed by atoms with E-state index in [0.29, 0.717) is 12.2 Å². The van der Waals surface area contributed by atoms with Crippen molar-refractivity contribution in [2.75, 3.05) is 18.9 Å². The summed E-state index contributed by atoms with van der Waals surface area (Å²) in [4.78, 5) is 34.0. The number of ether oxygens (including phenoxy) is 1. The molecule has 14 nitrogen and oxygen atoms in total. The number of carbonyl (C=O) groups is 2. The van der Waals surface area contributed by atoms with Crippen LogP contribution in [0.15, 0.2) is 34.8 Å². The van der Waals surface area contributed by atoms with Gasteiger partial charge in [-0.3, -0.25) is 19.6 Å². The first-order valence-electron chi connectivity index (χ1n) is 10.0. The molecule has 7 N–H and O–H groups in total. The molecule has 1 fully saturated rings. The highest BCUT2D eigenvalue weighted by Gasteiger charge is 2.51. The van der Waals surface area contributed by atoms with Gasteiger partial charge in [0.25, 0.3) is 11.8 Å². The van der Waals surface area contributed by atoms with E-state index in [2.05, 4.69) is 15.5 Å². The molecule has 2 aromatic rings. The topological polar surface area (TPSA) is 223 Å². The highest BCUT2D eigenvalue weighted by Crippen LogP contribution is 2.23. The quantitative estimate of drug-likeness (QED) is 0.0632. The highest BCUT2D eigenvalue weighted by atomic mass is 32.2. The largest absolute Gasteiger partial charge is 0.490 e. The van der Waals surface area contributed by atoms with Crippen molar-refractivity contribution in [2.24, 2.45) is 10.9 Å². The van der Waals surface area contributed by atoms with Crippen LogP contribution in [0.5, 0.6) is 5.75 Å². The molecule has 188 valence electrons. The third-order valence-electron chi connectivity index (χ3n) is 4.77. The van der Waals surface area contributed by atoms with Gasteiger partial charge in [0.05, 0.1) is 11.9 Å². The molecule has 3 rings (SSSR count). The molecule has 0 bridgehead atoms. The Labute approximate surface area is 204 Å². The number of nitrogens with one attached hydrogen (secondary N) is 2. The zero-order valence-corrected chi connectivity index (χ0v) is 20.0. The van der Waals surface area contributed by atoms with Crippen LogP contribution in [0.3, 0.4) is 0 Å². The smallest absolute Gasteiger partial charge is 0.362 e. The van der Waals surface area contributed by atoms with Crippen LogP contribution in [0.2, 0.25) is 0 Å². The van der Waals surface area contributed by atoms with Gasteiger partial charge in [-0.15, -0.1) is 11.3 Å². The normalized spacial score (nSPS) is 18.1. The van der Waals surface area contributed by atoms with Crippen molar-refractivity contribution < 1.29 is 32.1 Å². The van der Waals surface area contributed by atoms with E-state index in [1.165, 1.54) is 12.3 Å². The van der Waals surface area contributed by atoms with Gasteiger partial charge in [-0.1, -0.05) is 17.3 Å². The van der Waals surface area contributed by atoms with Crippen LogP contribution in [0, 0.1) is 5.41 Å². The van der Waals surface area contributed by atoms with E-state index >= 15 is 0 Å². The lowest BCUT2D eigenvalue weighted by molar-refractivity contribution is -0.143. The van der Waals surface area contributed by atoms with Crippen molar-refractivity contribution in [3.8, 4) is 5.75 Å². The molecular formula is C19H23N7O7S2. The Morgan fingerprint density at radius 1 is 1.34 bits per heavy atom. The van der Waals surface area contributed by atoms with Crippen LogP contribution < -0.4 is 21.5 Å². The molecular weight excluding hydrogens is 502 g/mol. The standard InChI is InChI=1S/C19H23N7O7S2/c1-10-15(18(28)26(10)35(29,30)31)24-17(27)16(13-9-34-19(22)23-13)25-33-7-6-32-12-4-2-11(3-5-12)8-14(20)21/h2-5,9-10,15H,6-8H2,1H3,(H3,20,21)(H2,22,23)(H,24,27)(H,29,30,31). The number of thiazole rings is 1. The highest BCUT2D eigenvalue weighted by molar-refractivity contribution is 7.84. The number of carbonyl (C=O) groups excluding carboxylic acids is 2. The van der Waals surface area contributed by atoms with Gasteiger partial charge in [0.1, 0.15) is 24.1 Å². The van der Waals surface area contributed by atoms with Gasteiger partial charge in [0.2, 0.25) is 0 Å². The van der Waals surface area contributed by atoms with Crippen LogP contribution in [0.4, 0.5) is 5.13 Å². The summed E-state index contributed by atoms with van der Waals surface area (Å²) >= 11 is 1.06. The average Bonchev–Trinajstić information content (AvgIpc) is 3.20. The Kier molecular flexibility index (Phi) is 7.88. The first-order valence-corrected chi connectivity index (χ1v) is 12.3.